The first-order chi connectivity index (χ1) is 18.6. The van der Waals surface area contributed by atoms with Crippen LogP contribution in [0.25, 0.3) is 11.3 Å². The zero-order chi connectivity index (χ0) is 27.6. The van der Waals surface area contributed by atoms with Gasteiger partial charge in [-0.3, -0.25) is 14.6 Å². The summed E-state index contributed by atoms with van der Waals surface area (Å²) < 4.78 is 47.3. The Hall–Kier alpha value is -3.92. The highest BCUT2D eigenvalue weighted by Gasteiger charge is 2.42. The molecule has 2 saturated heterocycles. The molecule has 39 heavy (non-hydrogen) atoms. The number of aromatic nitrogens is 1. The third kappa shape index (κ3) is 5.90. The minimum atomic E-state index is -4.79. The molecule has 0 N–H and O–H groups in total. The van der Waals surface area contributed by atoms with Crippen LogP contribution in [0.3, 0.4) is 0 Å². The van der Waals surface area contributed by atoms with E-state index in [9.17, 15) is 22.8 Å². The summed E-state index contributed by atoms with van der Waals surface area (Å²) in [6.07, 6.45) is -2.03. The first kappa shape index (κ1) is 26.7. The molecule has 204 valence electrons. The van der Waals surface area contributed by atoms with E-state index in [1.165, 1.54) is 12.1 Å². The average Bonchev–Trinajstić information content (AvgIpc) is 2.93. The summed E-state index contributed by atoms with van der Waals surface area (Å²) >= 11 is 0. The Morgan fingerprint density at radius 1 is 0.923 bits per heavy atom. The Bertz CT molecular complexity index is 1350. The van der Waals surface area contributed by atoms with Gasteiger partial charge in [-0.2, -0.15) is 0 Å². The standard InChI is InChI=1S/C29H28F3N3O4/c1-20-5-2-3-6-23(20)25-24(7-4-14-33-25)27(37)35-17-18-38-28(19-35)12-15-34(16-13-28)26(36)21-8-10-22(11-9-21)39-29(30,31)32/h2-11,14H,12-13,15-19H2,1H3. The second kappa shape index (κ2) is 10.7. The van der Waals surface area contributed by atoms with Crippen LogP contribution in [0.15, 0.2) is 66.9 Å². The summed E-state index contributed by atoms with van der Waals surface area (Å²) in [7, 11) is 0. The van der Waals surface area contributed by atoms with E-state index in [1.807, 2.05) is 31.2 Å². The first-order valence-electron chi connectivity index (χ1n) is 12.7. The molecule has 7 nitrogen and oxygen atoms in total. The normalized spacial score (nSPS) is 17.2. The van der Waals surface area contributed by atoms with Gasteiger partial charge in [0.05, 0.1) is 30.0 Å². The van der Waals surface area contributed by atoms with E-state index in [-0.39, 0.29) is 23.1 Å². The number of aryl methyl sites for hydroxylation is 1. The average molecular weight is 540 g/mol. The molecule has 0 unspecified atom stereocenters. The Balaban J connectivity index is 1.25. The minimum Gasteiger partial charge on any atom is -0.406 e. The van der Waals surface area contributed by atoms with Crippen molar-refractivity contribution in [1.82, 2.24) is 14.8 Å². The molecule has 1 aromatic heterocycles. The van der Waals surface area contributed by atoms with Gasteiger partial charge in [0.2, 0.25) is 0 Å². The topological polar surface area (TPSA) is 72.0 Å². The van der Waals surface area contributed by atoms with Gasteiger partial charge in [0, 0.05) is 37.0 Å². The number of nitrogens with zero attached hydrogens (tertiary/aromatic N) is 3. The molecule has 2 aliphatic heterocycles. The summed E-state index contributed by atoms with van der Waals surface area (Å²) in [6.45, 7) is 4.05. The van der Waals surface area contributed by atoms with Gasteiger partial charge in [0.15, 0.2) is 0 Å². The van der Waals surface area contributed by atoms with Gasteiger partial charge < -0.3 is 19.3 Å². The van der Waals surface area contributed by atoms with Crippen LogP contribution in [0, 0.1) is 6.92 Å². The largest absolute Gasteiger partial charge is 0.573 e. The van der Waals surface area contributed by atoms with Crippen molar-refractivity contribution in [2.24, 2.45) is 0 Å². The van der Waals surface area contributed by atoms with E-state index < -0.39 is 12.0 Å². The van der Waals surface area contributed by atoms with E-state index in [0.717, 1.165) is 23.3 Å². The Morgan fingerprint density at radius 3 is 2.33 bits per heavy atom. The monoisotopic (exact) mass is 539 g/mol. The van der Waals surface area contributed by atoms with Gasteiger partial charge in [-0.15, -0.1) is 13.2 Å². The molecule has 0 bridgehead atoms. The molecular formula is C29H28F3N3O4. The fourth-order valence-electron chi connectivity index (χ4n) is 5.22. The van der Waals surface area contributed by atoms with Gasteiger partial charge in [0.25, 0.3) is 11.8 Å². The number of rotatable bonds is 4. The number of hydrogen-bond donors (Lipinski definition) is 0. The predicted molar refractivity (Wildman–Crippen MR) is 137 cm³/mol. The van der Waals surface area contributed by atoms with E-state index in [1.54, 1.807) is 28.1 Å². The first-order valence-corrected chi connectivity index (χ1v) is 12.7. The summed E-state index contributed by atoms with van der Waals surface area (Å²) in [6, 6.07) is 16.3. The highest BCUT2D eigenvalue weighted by atomic mass is 19.4. The molecule has 0 radical (unpaired) electrons. The quantitative estimate of drug-likeness (QED) is 0.461. The maximum Gasteiger partial charge on any atom is 0.573 e. The smallest absolute Gasteiger partial charge is 0.406 e. The van der Waals surface area contributed by atoms with Crippen LogP contribution in [-0.2, 0) is 4.74 Å². The zero-order valence-corrected chi connectivity index (χ0v) is 21.4. The van der Waals surface area contributed by atoms with Gasteiger partial charge in [-0.25, -0.2) is 0 Å². The lowest BCUT2D eigenvalue weighted by molar-refractivity contribution is -0.274. The lowest BCUT2D eigenvalue weighted by Gasteiger charge is -2.47. The second-order valence-electron chi connectivity index (χ2n) is 9.84. The van der Waals surface area contributed by atoms with Crippen LogP contribution in [0.4, 0.5) is 13.2 Å². The summed E-state index contributed by atoms with van der Waals surface area (Å²) in [5.41, 5.74) is 2.84. The van der Waals surface area contributed by atoms with Crippen LogP contribution in [0.2, 0.25) is 0 Å². The predicted octanol–water partition coefficient (Wildman–Crippen LogP) is 5.10. The maximum atomic E-state index is 13.7. The molecule has 2 aliphatic rings. The van der Waals surface area contributed by atoms with Crippen molar-refractivity contribution in [3.63, 3.8) is 0 Å². The van der Waals surface area contributed by atoms with Crippen LogP contribution < -0.4 is 4.74 Å². The van der Waals surface area contributed by atoms with Gasteiger partial charge in [-0.05, 0) is 61.7 Å². The molecule has 0 aliphatic carbocycles. The Kier molecular flexibility index (Phi) is 7.31. The minimum absolute atomic E-state index is 0.108. The van der Waals surface area contributed by atoms with E-state index in [0.29, 0.717) is 56.9 Å². The third-order valence-electron chi connectivity index (χ3n) is 7.27. The molecule has 5 rings (SSSR count). The summed E-state index contributed by atoms with van der Waals surface area (Å²) in [5.74, 6) is -0.759. The third-order valence-corrected chi connectivity index (χ3v) is 7.27. The fraction of sp³-hybridized carbons (Fsp3) is 0.345. The van der Waals surface area contributed by atoms with E-state index >= 15 is 0 Å². The Labute approximate surface area is 224 Å². The molecular weight excluding hydrogens is 511 g/mol. The number of hydrogen-bond acceptors (Lipinski definition) is 5. The summed E-state index contributed by atoms with van der Waals surface area (Å²) in [5, 5.41) is 0. The van der Waals surface area contributed by atoms with Crippen molar-refractivity contribution >= 4 is 11.8 Å². The van der Waals surface area contributed by atoms with E-state index in [2.05, 4.69) is 9.72 Å². The molecule has 3 aromatic rings. The zero-order valence-electron chi connectivity index (χ0n) is 21.4. The molecule has 3 heterocycles. The number of morpholine rings is 1. The van der Waals surface area contributed by atoms with Gasteiger partial charge in [0.1, 0.15) is 5.75 Å². The SMILES string of the molecule is Cc1ccccc1-c1ncccc1C(=O)N1CCOC2(CCN(C(=O)c3ccc(OC(F)(F)F)cc3)CC2)C1. The van der Waals surface area contributed by atoms with Crippen molar-refractivity contribution in [3.05, 3.63) is 83.6 Å². The maximum absolute atomic E-state index is 13.7. The number of amides is 2. The lowest BCUT2D eigenvalue weighted by atomic mass is 9.88. The van der Waals surface area contributed by atoms with Crippen molar-refractivity contribution in [2.75, 3.05) is 32.8 Å². The van der Waals surface area contributed by atoms with Crippen LogP contribution >= 0.6 is 0 Å². The number of likely N-dealkylation sites (tertiary alicyclic amines) is 1. The Morgan fingerprint density at radius 2 is 1.64 bits per heavy atom. The molecule has 2 amide bonds. The number of halogens is 3. The highest BCUT2D eigenvalue weighted by Crippen LogP contribution is 2.33. The van der Waals surface area contributed by atoms with Crippen molar-refractivity contribution in [1.29, 1.82) is 0 Å². The number of ether oxygens (including phenoxy) is 2. The number of pyridine rings is 1. The highest BCUT2D eigenvalue weighted by molar-refractivity contribution is 6.00. The van der Waals surface area contributed by atoms with E-state index in [4.69, 9.17) is 4.74 Å². The van der Waals surface area contributed by atoms with Crippen LogP contribution in [-0.4, -0.2) is 71.3 Å². The number of carbonyl (C=O) groups is 2. The fourth-order valence-corrected chi connectivity index (χ4v) is 5.22. The lowest BCUT2D eigenvalue weighted by Crippen LogP contribution is -2.58. The summed E-state index contributed by atoms with van der Waals surface area (Å²) in [4.78, 5) is 34.7. The van der Waals surface area contributed by atoms with Crippen molar-refractivity contribution in [3.8, 4) is 17.0 Å². The second-order valence-corrected chi connectivity index (χ2v) is 9.84. The van der Waals surface area contributed by atoms with Crippen LogP contribution in [0.1, 0.15) is 39.1 Å². The molecule has 2 aromatic carbocycles. The van der Waals surface area contributed by atoms with Crippen molar-refractivity contribution < 1.29 is 32.2 Å². The number of alkyl halides is 3. The number of piperidine rings is 1. The molecule has 1 spiro atoms. The van der Waals surface area contributed by atoms with Gasteiger partial charge >= 0.3 is 6.36 Å². The molecule has 10 heteroatoms. The van der Waals surface area contributed by atoms with Crippen LogP contribution in [0.5, 0.6) is 5.75 Å². The number of carbonyl (C=O) groups excluding carboxylic acids is 2. The molecule has 0 atom stereocenters. The van der Waals surface area contributed by atoms with Gasteiger partial charge in [-0.1, -0.05) is 24.3 Å². The van der Waals surface area contributed by atoms with Crippen molar-refractivity contribution in [2.45, 2.75) is 31.7 Å². The molecule has 0 saturated carbocycles. The molecule has 2 fully saturated rings. The number of benzene rings is 2.